The van der Waals surface area contributed by atoms with Gasteiger partial charge in [-0.05, 0) is 35.9 Å². The van der Waals surface area contributed by atoms with E-state index in [1.165, 1.54) is 6.07 Å². The molecular weight excluding hydrogens is 323 g/mol. The minimum Gasteiger partial charge on any atom is -0.341 e. The highest BCUT2D eigenvalue weighted by Crippen LogP contribution is 2.21. The molecule has 1 amide bonds. The number of hydrogen-bond acceptors (Lipinski definition) is 3. The van der Waals surface area contributed by atoms with E-state index in [-0.39, 0.29) is 18.1 Å². The fourth-order valence-corrected chi connectivity index (χ4v) is 3.19. The van der Waals surface area contributed by atoms with Crippen molar-refractivity contribution in [1.29, 1.82) is 0 Å². The Morgan fingerprint density at radius 3 is 2.46 bits per heavy atom. The van der Waals surface area contributed by atoms with Crippen molar-refractivity contribution in [3.63, 3.8) is 0 Å². The summed E-state index contributed by atoms with van der Waals surface area (Å²) < 4.78 is 13.7. The summed E-state index contributed by atoms with van der Waals surface area (Å²) in [5.41, 5.74) is 7.71. The summed E-state index contributed by atoms with van der Waals surface area (Å²) in [6, 6.07) is 14.2. The first-order chi connectivity index (χ1) is 11.5. The summed E-state index contributed by atoms with van der Waals surface area (Å²) in [5.74, 6) is -0.308. The van der Waals surface area contributed by atoms with Crippen LogP contribution in [0.15, 0.2) is 53.4 Å². The average molecular weight is 346 g/mol. The Hall–Kier alpha value is -1.85. The molecule has 0 bridgehead atoms. The van der Waals surface area contributed by atoms with Crippen molar-refractivity contribution in [3.05, 3.63) is 65.5 Å². The zero-order valence-electron chi connectivity index (χ0n) is 14.0. The molecular formula is C19H23FN2OS. The normalized spacial score (nSPS) is 12.0. The van der Waals surface area contributed by atoms with Gasteiger partial charge in [0, 0.05) is 31.0 Å². The summed E-state index contributed by atoms with van der Waals surface area (Å²) in [6.45, 7) is 0.544. The summed E-state index contributed by atoms with van der Waals surface area (Å²) in [5, 5.41) is 0. The minimum atomic E-state index is -0.396. The van der Waals surface area contributed by atoms with Gasteiger partial charge in [-0.2, -0.15) is 0 Å². The quantitative estimate of drug-likeness (QED) is 0.781. The van der Waals surface area contributed by atoms with Crippen LogP contribution >= 0.6 is 11.8 Å². The van der Waals surface area contributed by atoms with Crippen molar-refractivity contribution in [2.45, 2.75) is 30.3 Å². The smallest absolute Gasteiger partial charge is 0.224 e. The van der Waals surface area contributed by atoms with Gasteiger partial charge in [0.15, 0.2) is 0 Å². The van der Waals surface area contributed by atoms with Crippen LogP contribution in [-0.4, -0.2) is 30.2 Å². The van der Waals surface area contributed by atoms with Crippen LogP contribution in [-0.2, 0) is 17.8 Å². The lowest BCUT2D eigenvalue weighted by molar-refractivity contribution is -0.130. The summed E-state index contributed by atoms with van der Waals surface area (Å²) in [7, 11) is 1.77. The van der Waals surface area contributed by atoms with Gasteiger partial charge in [0.2, 0.25) is 5.91 Å². The first-order valence-electron chi connectivity index (χ1n) is 7.86. The van der Waals surface area contributed by atoms with E-state index in [0.29, 0.717) is 18.5 Å². The Morgan fingerprint density at radius 1 is 1.17 bits per heavy atom. The highest BCUT2D eigenvalue weighted by molar-refractivity contribution is 7.98. The van der Waals surface area contributed by atoms with E-state index in [1.807, 2.05) is 30.5 Å². The molecule has 2 aromatic carbocycles. The van der Waals surface area contributed by atoms with E-state index in [1.54, 1.807) is 41.9 Å². The van der Waals surface area contributed by atoms with Crippen molar-refractivity contribution in [1.82, 2.24) is 4.90 Å². The zero-order valence-corrected chi connectivity index (χ0v) is 14.9. The van der Waals surface area contributed by atoms with Crippen LogP contribution in [0.25, 0.3) is 0 Å². The third-order valence-electron chi connectivity index (χ3n) is 3.90. The molecule has 2 rings (SSSR count). The van der Waals surface area contributed by atoms with E-state index in [0.717, 1.165) is 10.5 Å². The number of carbonyl (C=O) groups is 1. The zero-order chi connectivity index (χ0) is 17.5. The van der Waals surface area contributed by atoms with Crippen molar-refractivity contribution in [3.8, 4) is 0 Å². The standard InChI is InChI=1S/C19H23FN2OS/c1-22(13-15-8-4-6-10-18(15)24-2)19(23)12-16(21)11-14-7-3-5-9-17(14)20/h3-10,16H,11-13,21H2,1-2H3/t16-/m1/s1. The van der Waals surface area contributed by atoms with E-state index < -0.39 is 6.04 Å². The molecule has 0 spiro atoms. The molecule has 0 unspecified atom stereocenters. The second-order valence-electron chi connectivity index (χ2n) is 5.82. The summed E-state index contributed by atoms with van der Waals surface area (Å²) in [4.78, 5) is 15.2. The van der Waals surface area contributed by atoms with E-state index >= 15 is 0 Å². The monoisotopic (exact) mass is 346 g/mol. The lowest BCUT2D eigenvalue weighted by Crippen LogP contribution is -2.34. The van der Waals surface area contributed by atoms with E-state index in [4.69, 9.17) is 5.73 Å². The maximum Gasteiger partial charge on any atom is 0.224 e. The van der Waals surface area contributed by atoms with Gasteiger partial charge in [0.05, 0.1) is 0 Å². The average Bonchev–Trinajstić information content (AvgIpc) is 2.57. The molecule has 0 fully saturated rings. The Bertz CT molecular complexity index is 693. The van der Waals surface area contributed by atoms with E-state index in [9.17, 15) is 9.18 Å². The van der Waals surface area contributed by atoms with Crippen LogP contribution in [0.1, 0.15) is 17.5 Å². The number of benzene rings is 2. The van der Waals surface area contributed by atoms with Crippen molar-refractivity contribution >= 4 is 17.7 Å². The molecule has 24 heavy (non-hydrogen) atoms. The second-order valence-corrected chi connectivity index (χ2v) is 6.67. The molecule has 3 nitrogen and oxygen atoms in total. The van der Waals surface area contributed by atoms with Crippen molar-refractivity contribution in [2.75, 3.05) is 13.3 Å². The molecule has 0 saturated heterocycles. The Balaban J connectivity index is 1.92. The van der Waals surface area contributed by atoms with Crippen LogP contribution in [0, 0.1) is 5.82 Å². The fraction of sp³-hybridized carbons (Fsp3) is 0.316. The molecule has 0 radical (unpaired) electrons. The molecule has 2 N–H and O–H groups in total. The number of nitrogens with two attached hydrogens (primary N) is 1. The number of hydrogen-bond donors (Lipinski definition) is 1. The number of thioether (sulfide) groups is 1. The summed E-state index contributed by atoms with van der Waals surface area (Å²) in [6.07, 6.45) is 2.57. The highest BCUT2D eigenvalue weighted by atomic mass is 32.2. The third kappa shape index (κ3) is 5.08. The van der Waals surface area contributed by atoms with Crippen molar-refractivity contribution < 1.29 is 9.18 Å². The molecule has 0 aliphatic heterocycles. The lowest BCUT2D eigenvalue weighted by atomic mass is 10.0. The molecule has 0 heterocycles. The van der Waals surface area contributed by atoms with Gasteiger partial charge in [-0.15, -0.1) is 11.8 Å². The molecule has 0 aromatic heterocycles. The van der Waals surface area contributed by atoms with Crippen molar-refractivity contribution in [2.24, 2.45) is 5.73 Å². The predicted octanol–water partition coefficient (Wildman–Crippen LogP) is 3.47. The van der Waals surface area contributed by atoms with Crippen LogP contribution < -0.4 is 5.73 Å². The number of nitrogens with zero attached hydrogens (tertiary/aromatic N) is 1. The van der Waals surface area contributed by atoms with Gasteiger partial charge in [-0.3, -0.25) is 4.79 Å². The van der Waals surface area contributed by atoms with Crippen LogP contribution in [0.2, 0.25) is 0 Å². The first-order valence-corrected chi connectivity index (χ1v) is 9.08. The predicted molar refractivity (Wildman–Crippen MR) is 97.4 cm³/mol. The fourth-order valence-electron chi connectivity index (χ4n) is 2.58. The molecule has 0 saturated carbocycles. The van der Waals surface area contributed by atoms with Gasteiger partial charge < -0.3 is 10.6 Å². The minimum absolute atomic E-state index is 0.0326. The number of amides is 1. The van der Waals surface area contributed by atoms with Crippen LogP contribution in [0.3, 0.4) is 0 Å². The highest BCUT2D eigenvalue weighted by Gasteiger charge is 2.16. The Morgan fingerprint density at radius 2 is 1.79 bits per heavy atom. The summed E-state index contributed by atoms with van der Waals surface area (Å²) >= 11 is 1.66. The van der Waals surface area contributed by atoms with Gasteiger partial charge in [0.1, 0.15) is 5.82 Å². The topological polar surface area (TPSA) is 46.3 Å². The maximum absolute atomic E-state index is 13.7. The van der Waals surface area contributed by atoms with E-state index in [2.05, 4.69) is 0 Å². The van der Waals surface area contributed by atoms with Crippen LogP contribution in [0.4, 0.5) is 4.39 Å². The first kappa shape index (κ1) is 18.5. The number of rotatable bonds is 7. The molecule has 128 valence electrons. The van der Waals surface area contributed by atoms with Crippen LogP contribution in [0.5, 0.6) is 0 Å². The number of halogens is 1. The molecule has 2 aromatic rings. The Kier molecular flexibility index (Phi) is 6.82. The molecule has 5 heteroatoms. The molecule has 0 aliphatic carbocycles. The largest absolute Gasteiger partial charge is 0.341 e. The van der Waals surface area contributed by atoms with Gasteiger partial charge in [0.25, 0.3) is 0 Å². The maximum atomic E-state index is 13.7. The lowest BCUT2D eigenvalue weighted by Gasteiger charge is -2.21. The Labute approximate surface area is 147 Å². The van der Waals surface area contributed by atoms with Gasteiger partial charge >= 0.3 is 0 Å². The second kappa shape index (κ2) is 8.85. The number of carbonyl (C=O) groups excluding carboxylic acids is 1. The molecule has 0 aliphatic rings. The third-order valence-corrected chi connectivity index (χ3v) is 4.74. The SMILES string of the molecule is CSc1ccccc1CN(C)C(=O)C[C@H](N)Cc1ccccc1F. The molecule has 1 atom stereocenters. The van der Waals surface area contributed by atoms with Gasteiger partial charge in [-0.25, -0.2) is 4.39 Å². The van der Waals surface area contributed by atoms with Gasteiger partial charge in [-0.1, -0.05) is 36.4 Å².